The Morgan fingerprint density at radius 3 is 2.73 bits per heavy atom. The van der Waals surface area contributed by atoms with Gasteiger partial charge in [0.2, 0.25) is 5.82 Å². The zero-order valence-corrected chi connectivity index (χ0v) is 13.9. The number of nitrogens with zero attached hydrogens (tertiary/aromatic N) is 4. The lowest BCUT2D eigenvalue weighted by molar-refractivity contribution is 0.102. The monoisotopic (exact) mass is 345 g/mol. The standard InChI is InChI=1S/C18H15N7O/c1-12-4-2-7-16(8-12)21-18(26)13-5-3-6-15(9-13)20-11-14(10-19)17-22-24-25-23-17/h2-9,11,20H,1H3,(H,21,26)(H,22,23,24,25). The van der Waals surface area contributed by atoms with E-state index in [-0.39, 0.29) is 17.3 Å². The zero-order chi connectivity index (χ0) is 18.4. The lowest BCUT2D eigenvalue weighted by atomic mass is 10.1. The molecular formula is C18H15N7O. The molecular weight excluding hydrogens is 330 g/mol. The second-order valence-electron chi connectivity index (χ2n) is 5.45. The molecule has 3 N–H and O–H groups in total. The predicted octanol–water partition coefficient (Wildman–Crippen LogP) is 2.74. The van der Waals surface area contributed by atoms with Crippen LogP contribution in [0.1, 0.15) is 21.7 Å². The molecule has 0 radical (unpaired) electrons. The highest BCUT2D eigenvalue weighted by molar-refractivity contribution is 6.04. The number of aryl methyl sites for hydroxylation is 1. The maximum atomic E-state index is 12.4. The van der Waals surface area contributed by atoms with Crippen LogP contribution in [-0.2, 0) is 0 Å². The number of carbonyl (C=O) groups excluding carboxylic acids is 1. The summed E-state index contributed by atoms with van der Waals surface area (Å²) in [5, 5.41) is 28.2. The maximum absolute atomic E-state index is 12.4. The van der Waals surface area contributed by atoms with E-state index in [2.05, 4.69) is 31.3 Å². The quantitative estimate of drug-likeness (QED) is 0.612. The summed E-state index contributed by atoms with van der Waals surface area (Å²) in [6, 6.07) is 16.5. The van der Waals surface area contributed by atoms with Crippen molar-refractivity contribution >= 4 is 22.9 Å². The van der Waals surface area contributed by atoms with Crippen LogP contribution in [0.15, 0.2) is 54.7 Å². The van der Waals surface area contributed by atoms with Gasteiger partial charge in [0.1, 0.15) is 11.6 Å². The summed E-state index contributed by atoms with van der Waals surface area (Å²) in [5.41, 5.74) is 3.15. The normalized spacial score (nSPS) is 10.8. The Bertz CT molecular complexity index is 987. The number of amides is 1. The third-order valence-corrected chi connectivity index (χ3v) is 3.49. The number of tetrazole rings is 1. The molecule has 8 nitrogen and oxygen atoms in total. The van der Waals surface area contributed by atoms with E-state index < -0.39 is 0 Å². The van der Waals surface area contributed by atoms with Crippen LogP contribution in [0.4, 0.5) is 11.4 Å². The molecule has 0 unspecified atom stereocenters. The van der Waals surface area contributed by atoms with Crippen LogP contribution < -0.4 is 10.6 Å². The predicted molar refractivity (Wildman–Crippen MR) is 97.0 cm³/mol. The fraction of sp³-hybridized carbons (Fsp3) is 0.0556. The van der Waals surface area contributed by atoms with E-state index in [1.807, 2.05) is 37.3 Å². The van der Waals surface area contributed by atoms with Crippen molar-refractivity contribution in [1.29, 1.82) is 5.26 Å². The van der Waals surface area contributed by atoms with E-state index in [0.29, 0.717) is 11.3 Å². The molecule has 0 aliphatic rings. The van der Waals surface area contributed by atoms with Gasteiger partial charge >= 0.3 is 0 Å². The third kappa shape index (κ3) is 4.10. The Kier molecular flexibility index (Phi) is 5.00. The van der Waals surface area contributed by atoms with Crippen molar-refractivity contribution < 1.29 is 4.79 Å². The molecule has 3 aromatic rings. The van der Waals surface area contributed by atoms with Crippen molar-refractivity contribution in [2.24, 2.45) is 0 Å². The average molecular weight is 345 g/mol. The number of aromatic nitrogens is 4. The number of benzene rings is 2. The van der Waals surface area contributed by atoms with Gasteiger partial charge in [0.25, 0.3) is 5.91 Å². The minimum Gasteiger partial charge on any atom is -0.360 e. The molecule has 0 spiro atoms. The van der Waals surface area contributed by atoms with Gasteiger partial charge < -0.3 is 10.6 Å². The number of rotatable bonds is 5. The number of hydrogen-bond donors (Lipinski definition) is 3. The van der Waals surface area contributed by atoms with Gasteiger partial charge in [-0.3, -0.25) is 4.79 Å². The Hall–Kier alpha value is -3.99. The molecule has 0 saturated carbocycles. The number of allylic oxidation sites excluding steroid dienone is 1. The smallest absolute Gasteiger partial charge is 0.255 e. The lowest BCUT2D eigenvalue weighted by Gasteiger charge is -2.08. The fourth-order valence-electron chi connectivity index (χ4n) is 2.25. The highest BCUT2D eigenvalue weighted by Crippen LogP contribution is 2.16. The number of anilines is 2. The average Bonchev–Trinajstić information content (AvgIpc) is 3.17. The first-order valence-electron chi connectivity index (χ1n) is 7.74. The summed E-state index contributed by atoms with van der Waals surface area (Å²) >= 11 is 0. The fourth-order valence-corrected chi connectivity index (χ4v) is 2.25. The first-order valence-corrected chi connectivity index (χ1v) is 7.74. The van der Waals surface area contributed by atoms with Gasteiger partial charge in [0.15, 0.2) is 0 Å². The third-order valence-electron chi connectivity index (χ3n) is 3.49. The van der Waals surface area contributed by atoms with Gasteiger partial charge in [-0.25, -0.2) is 0 Å². The van der Waals surface area contributed by atoms with Gasteiger partial charge in [-0.05, 0) is 48.0 Å². The van der Waals surface area contributed by atoms with Crippen LogP contribution in [0.3, 0.4) is 0 Å². The number of aromatic amines is 1. The van der Waals surface area contributed by atoms with Crippen LogP contribution in [0.5, 0.6) is 0 Å². The lowest BCUT2D eigenvalue weighted by Crippen LogP contribution is -2.12. The summed E-state index contributed by atoms with van der Waals surface area (Å²) in [5.74, 6) is -0.0322. The molecule has 0 aliphatic heterocycles. The van der Waals surface area contributed by atoms with E-state index in [9.17, 15) is 4.79 Å². The van der Waals surface area contributed by atoms with E-state index >= 15 is 0 Å². The zero-order valence-electron chi connectivity index (χ0n) is 13.9. The van der Waals surface area contributed by atoms with Crippen LogP contribution in [-0.4, -0.2) is 26.5 Å². The number of carbonyl (C=O) groups is 1. The van der Waals surface area contributed by atoms with Crippen molar-refractivity contribution in [3.63, 3.8) is 0 Å². The summed E-state index contributed by atoms with van der Waals surface area (Å²) in [6.07, 6.45) is 1.46. The minimum atomic E-state index is -0.220. The maximum Gasteiger partial charge on any atom is 0.255 e. The summed E-state index contributed by atoms with van der Waals surface area (Å²) in [4.78, 5) is 12.4. The van der Waals surface area contributed by atoms with Gasteiger partial charge in [-0.1, -0.05) is 18.2 Å². The van der Waals surface area contributed by atoms with Crippen LogP contribution in [0.2, 0.25) is 0 Å². The molecule has 1 aromatic heterocycles. The van der Waals surface area contributed by atoms with E-state index in [0.717, 1.165) is 11.3 Å². The Labute approximate surface area is 149 Å². The largest absolute Gasteiger partial charge is 0.360 e. The first-order chi connectivity index (χ1) is 12.7. The topological polar surface area (TPSA) is 119 Å². The second kappa shape index (κ2) is 7.72. The second-order valence-corrected chi connectivity index (χ2v) is 5.45. The molecule has 26 heavy (non-hydrogen) atoms. The SMILES string of the molecule is Cc1cccc(NC(=O)c2cccc(NC=C(C#N)c3nn[nH]n3)c2)c1. The highest BCUT2D eigenvalue weighted by Gasteiger charge is 2.08. The Balaban J connectivity index is 1.74. The number of H-pyrrole nitrogens is 1. The van der Waals surface area contributed by atoms with Gasteiger partial charge in [-0.15, -0.1) is 10.2 Å². The van der Waals surface area contributed by atoms with Crippen molar-refractivity contribution in [3.8, 4) is 6.07 Å². The van der Waals surface area contributed by atoms with Crippen molar-refractivity contribution in [2.75, 3.05) is 10.6 Å². The van der Waals surface area contributed by atoms with Crippen molar-refractivity contribution in [2.45, 2.75) is 6.92 Å². The molecule has 2 aromatic carbocycles. The molecule has 0 aliphatic carbocycles. The molecule has 1 heterocycles. The molecule has 0 bridgehead atoms. The molecule has 128 valence electrons. The van der Waals surface area contributed by atoms with Gasteiger partial charge in [-0.2, -0.15) is 10.5 Å². The van der Waals surface area contributed by atoms with Crippen molar-refractivity contribution in [1.82, 2.24) is 20.6 Å². The molecule has 8 heteroatoms. The molecule has 1 amide bonds. The molecule has 0 fully saturated rings. The molecule has 0 saturated heterocycles. The van der Waals surface area contributed by atoms with Gasteiger partial charge in [0, 0.05) is 23.1 Å². The van der Waals surface area contributed by atoms with Crippen molar-refractivity contribution in [3.05, 3.63) is 71.7 Å². The van der Waals surface area contributed by atoms with E-state index in [1.54, 1.807) is 24.3 Å². The summed E-state index contributed by atoms with van der Waals surface area (Å²) in [6.45, 7) is 1.96. The summed E-state index contributed by atoms with van der Waals surface area (Å²) < 4.78 is 0. The Morgan fingerprint density at radius 1 is 1.19 bits per heavy atom. The Morgan fingerprint density at radius 2 is 2.00 bits per heavy atom. The van der Waals surface area contributed by atoms with Crippen LogP contribution >= 0.6 is 0 Å². The van der Waals surface area contributed by atoms with Crippen LogP contribution in [0, 0.1) is 18.3 Å². The van der Waals surface area contributed by atoms with Crippen LogP contribution in [0.25, 0.3) is 5.57 Å². The summed E-state index contributed by atoms with van der Waals surface area (Å²) in [7, 11) is 0. The molecule has 3 rings (SSSR count). The first kappa shape index (κ1) is 16.9. The van der Waals surface area contributed by atoms with E-state index in [1.165, 1.54) is 6.20 Å². The number of hydrogen-bond acceptors (Lipinski definition) is 6. The molecule has 0 atom stereocenters. The number of nitrogens with one attached hydrogen (secondary N) is 3. The number of nitriles is 1. The van der Waals surface area contributed by atoms with Gasteiger partial charge in [0.05, 0.1) is 0 Å². The highest BCUT2D eigenvalue weighted by atomic mass is 16.1. The minimum absolute atomic E-state index is 0.188. The van der Waals surface area contributed by atoms with E-state index in [4.69, 9.17) is 5.26 Å².